The Bertz CT molecular complexity index is 249. The number of allylic oxidation sites excluding steroid dienone is 1. The van der Waals surface area contributed by atoms with Gasteiger partial charge in [-0.05, 0) is 24.1 Å². The third-order valence-corrected chi connectivity index (χ3v) is 1.62. The molecule has 0 atom stereocenters. The maximum atomic E-state index is 5.23. The number of nitrogen functional groups attached to an aromatic ring is 1. The molecule has 0 saturated carbocycles. The molecule has 3 N–H and O–H groups in total. The molecule has 1 rings (SSSR count). The highest BCUT2D eigenvalue weighted by atomic mass is 15.2. The topological polar surface area (TPSA) is 38.0 Å². The molecule has 1 aromatic carbocycles. The minimum absolute atomic E-state index is 0.934. The van der Waals surface area contributed by atoms with Crippen LogP contribution in [0.25, 0.3) is 6.08 Å². The summed E-state index contributed by atoms with van der Waals surface area (Å²) in [5.74, 6) is 5.23. The number of nitrogens with one attached hydrogen (secondary N) is 1. The third kappa shape index (κ3) is 2.40. The summed E-state index contributed by atoms with van der Waals surface area (Å²) in [4.78, 5) is 0. The molecule has 0 radical (unpaired) electrons. The molecule has 0 aliphatic carbocycles. The van der Waals surface area contributed by atoms with E-state index < -0.39 is 0 Å². The van der Waals surface area contributed by atoms with Crippen LogP contribution in [0.1, 0.15) is 18.9 Å². The molecular weight excluding hydrogens is 148 g/mol. The lowest BCUT2D eigenvalue weighted by Gasteiger charge is -1.98. The zero-order valence-corrected chi connectivity index (χ0v) is 7.25. The van der Waals surface area contributed by atoms with E-state index in [1.807, 2.05) is 24.3 Å². The van der Waals surface area contributed by atoms with Crippen molar-refractivity contribution in [3.63, 3.8) is 0 Å². The van der Waals surface area contributed by atoms with Crippen LogP contribution in [-0.2, 0) is 0 Å². The quantitative estimate of drug-likeness (QED) is 0.529. The SMILES string of the molecule is CCC=Cc1ccc(NN)cc1. The van der Waals surface area contributed by atoms with E-state index in [1.165, 1.54) is 5.56 Å². The average Bonchev–Trinajstić information content (AvgIpc) is 2.15. The number of anilines is 1. The molecule has 0 saturated heterocycles. The van der Waals surface area contributed by atoms with E-state index in [4.69, 9.17) is 5.84 Å². The van der Waals surface area contributed by atoms with Gasteiger partial charge in [-0.3, -0.25) is 5.84 Å². The maximum Gasteiger partial charge on any atom is 0.0485 e. The second-order valence-electron chi connectivity index (χ2n) is 2.58. The number of benzene rings is 1. The molecule has 0 spiro atoms. The molecule has 2 nitrogen and oxygen atoms in total. The Kier molecular flexibility index (Phi) is 3.35. The Morgan fingerprint density at radius 1 is 1.33 bits per heavy atom. The largest absolute Gasteiger partial charge is 0.324 e. The van der Waals surface area contributed by atoms with E-state index in [-0.39, 0.29) is 0 Å². The summed E-state index contributed by atoms with van der Waals surface area (Å²) < 4.78 is 0. The first-order valence-corrected chi connectivity index (χ1v) is 4.10. The summed E-state index contributed by atoms with van der Waals surface area (Å²) in [5.41, 5.74) is 4.72. The minimum Gasteiger partial charge on any atom is -0.324 e. The van der Waals surface area contributed by atoms with Crippen LogP contribution >= 0.6 is 0 Å². The van der Waals surface area contributed by atoms with Crippen molar-refractivity contribution in [2.24, 2.45) is 5.84 Å². The molecule has 12 heavy (non-hydrogen) atoms. The molecule has 0 unspecified atom stereocenters. The van der Waals surface area contributed by atoms with E-state index in [1.54, 1.807) is 0 Å². The highest BCUT2D eigenvalue weighted by Gasteiger charge is 1.87. The number of nitrogens with two attached hydrogens (primary N) is 1. The molecule has 2 heteroatoms. The van der Waals surface area contributed by atoms with Crippen molar-refractivity contribution in [1.29, 1.82) is 0 Å². The average molecular weight is 162 g/mol. The summed E-state index contributed by atoms with van der Waals surface area (Å²) in [6.45, 7) is 2.12. The van der Waals surface area contributed by atoms with Gasteiger partial charge in [0, 0.05) is 5.69 Å². The van der Waals surface area contributed by atoms with E-state index in [9.17, 15) is 0 Å². The molecule has 0 fully saturated rings. The second kappa shape index (κ2) is 4.57. The molecule has 64 valence electrons. The first kappa shape index (κ1) is 8.81. The van der Waals surface area contributed by atoms with Crippen LogP contribution in [-0.4, -0.2) is 0 Å². The van der Waals surface area contributed by atoms with Crippen LogP contribution in [0, 0.1) is 0 Å². The van der Waals surface area contributed by atoms with Crippen molar-refractivity contribution in [3.05, 3.63) is 35.9 Å². The van der Waals surface area contributed by atoms with Gasteiger partial charge in [0.2, 0.25) is 0 Å². The summed E-state index contributed by atoms with van der Waals surface area (Å²) >= 11 is 0. The smallest absolute Gasteiger partial charge is 0.0485 e. The number of hydrogen-bond donors (Lipinski definition) is 2. The van der Waals surface area contributed by atoms with Crippen molar-refractivity contribution in [2.45, 2.75) is 13.3 Å². The van der Waals surface area contributed by atoms with Crippen molar-refractivity contribution in [2.75, 3.05) is 5.43 Å². The van der Waals surface area contributed by atoms with Crippen LogP contribution < -0.4 is 11.3 Å². The molecule has 0 heterocycles. The first-order chi connectivity index (χ1) is 5.86. The Balaban J connectivity index is 2.71. The van der Waals surface area contributed by atoms with E-state index in [0.717, 1.165) is 12.1 Å². The second-order valence-corrected chi connectivity index (χ2v) is 2.58. The number of hydrazine groups is 1. The van der Waals surface area contributed by atoms with Gasteiger partial charge < -0.3 is 5.43 Å². The standard InChI is InChI=1S/C10H14N2/c1-2-3-4-9-5-7-10(12-11)8-6-9/h3-8,12H,2,11H2,1H3. The van der Waals surface area contributed by atoms with E-state index in [0.29, 0.717) is 0 Å². The van der Waals surface area contributed by atoms with Gasteiger partial charge in [-0.1, -0.05) is 31.2 Å². The third-order valence-electron chi connectivity index (χ3n) is 1.62. The van der Waals surface area contributed by atoms with E-state index in [2.05, 4.69) is 24.5 Å². The monoisotopic (exact) mass is 162 g/mol. The summed E-state index contributed by atoms with van der Waals surface area (Å²) in [6.07, 6.45) is 5.29. The van der Waals surface area contributed by atoms with Crippen molar-refractivity contribution in [1.82, 2.24) is 0 Å². The van der Waals surface area contributed by atoms with Crippen LogP contribution in [0.4, 0.5) is 5.69 Å². The van der Waals surface area contributed by atoms with Crippen molar-refractivity contribution in [3.8, 4) is 0 Å². The fourth-order valence-electron chi connectivity index (χ4n) is 0.944. The fourth-order valence-corrected chi connectivity index (χ4v) is 0.944. The van der Waals surface area contributed by atoms with Crippen LogP contribution in [0.3, 0.4) is 0 Å². The maximum absolute atomic E-state index is 5.23. The minimum atomic E-state index is 0.934. The Hall–Kier alpha value is -1.28. The Morgan fingerprint density at radius 3 is 2.50 bits per heavy atom. The summed E-state index contributed by atoms with van der Waals surface area (Å²) in [6, 6.07) is 7.97. The first-order valence-electron chi connectivity index (χ1n) is 4.10. The molecule has 0 bridgehead atoms. The predicted octanol–water partition coefficient (Wildman–Crippen LogP) is 2.40. The van der Waals surface area contributed by atoms with Gasteiger partial charge in [-0.15, -0.1) is 0 Å². The summed E-state index contributed by atoms with van der Waals surface area (Å²) in [7, 11) is 0. The zero-order chi connectivity index (χ0) is 8.81. The number of rotatable bonds is 3. The van der Waals surface area contributed by atoms with Crippen molar-refractivity contribution >= 4 is 11.8 Å². The lowest BCUT2D eigenvalue weighted by Crippen LogP contribution is -2.05. The Labute approximate surface area is 73.1 Å². The van der Waals surface area contributed by atoms with Gasteiger partial charge in [0.1, 0.15) is 0 Å². The lowest BCUT2D eigenvalue weighted by atomic mass is 10.2. The molecule has 1 aromatic rings. The van der Waals surface area contributed by atoms with Gasteiger partial charge in [0.15, 0.2) is 0 Å². The van der Waals surface area contributed by atoms with Gasteiger partial charge in [-0.25, -0.2) is 0 Å². The molecule has 0 aliphatic rings. The lowest BCUT2D eigenvalue weighted by molar-refractivity contribution is 1.23. The van der Waals surface area contributed by atoms with Gasteiger partial charge in [0.05, 0.1) is 0 Å². The normalized spacial score (nSPS) is 10.5. The highest BCUT2D eigenvalue weighted by molar-refractivity contribution is 5.54. The number of hydrogen-bond acceptors (Lipinski definition) is 2. The molecule has 0 amide bonds. The molecular formula is C10H14N2. The molecule has 0 aromatic heterocycles. The van der Waals surface area contributed by atoms with E-state index >= 15 is 0 Å². The zero-order valence-electron chi connectivity index (χ0n) is 7.25. The Morgan fingerprint density at radius 2 is 2.00 bits per heavy atom. The summed E-state index contributed by atoms with van der Waals surface area (Å²) in [5, 5.41) is 0. The predicted molar refractivity (Wildman–Crippen MR) is 53.6 cm³/mol. The van der Waals surface area contributed by atoms with Crippen LogP contribution in [0.5, 0.6) is 0 Å². The van der Waals surface area contributed by atoms with Gasteiger partial charge in [0.25, 0.3) is 0 Å². The van der Waals surface area contributed by atoms with Gasteiger partial charge in [-0.2, -0.15) is 0 Å². The van der Waals surface area contributed by atoms with Crippen LogP contribution in [0.15, 0.2) is 30.3 Å². The molecule has 0 aliphatic heterocycles. The fraction of sp³-hybridized carbons (Fsp3) is 0.200. The van der Waals surface area contributed by atoms with Crippen LogP contribution in [0.2, 0.25) is 0 Å². The van der Waals surface area contributed by atoms with Crippen molar-refractivity contribution < 1.29 is 0 Å². The van der Waals surface area contributed by atoms with Gasteiger partial charge >= 0.3 is 0 Å². The highest BCUT2D eigenvalue weighted by Crippen LogP contribution is 2.09.